The second-order valence-corrected chi connectivity index (χ2v) is 3.53. The van der Waals surface area contributed by atoms with Gasteiger partial charge < -0.3 is 15.8 Å². The first-order chi connectivity index (χ1) is 7.75. The maximum Gasteiger partial charge on any atom is 0.241 e. The number of nitrogens with two attached hydrogens (primary N) is 1. The Bertz CT molecular complexity index is 314. The molecule has 1 rings (SSSR count). The van der Waals surface area contributed by atoms with Crippen LogP contribution in [0.4, 0.5) is 0 Å². The van der Waals surface area contributed by atoms with Crippen LogP contribution in [0.2, 0.25) is 0 Å². The molecule has 0 unspecified atom stereocenters. The minimum Gasteiger partial charge on any atom is -0.385 e. The van der Waals surface area contributed by atoms with Gasteiger partial charge in [0.05, 0.1) is 0 Å². The number of amides is 1. The molecule has 1 atom stereocenters. The number of carbonyl (C=O) groups excluding carboxylic acids is 1. The van der Waals surface area contributed by atoms with Crippen LogP contribution in [0.15, 0.2) is 30.3 Å². The van der Waals surface area contributed by atoms with Crippen molar-refractivity contribution in [1.29, 1.82) is 0 Å². The minimum absolute atomic E-state index is 0.151. The lowest BCUT2D eigenvalue weighted by Crippen LogP contribution is -2.34. The van der Waals surface area contributed by atoms with E-state index in [9.17, 15) is 4.79 Å². The Morgan fingerprint density at radius 2 is 2.12 bits per heavy atom. The molecule has 3 N–H and O–H groups in total. The molecule has 0 saturated carbocycles. The largest absolute Gasteiger partial charge is 0.385 e. The highest BCUT2D eigenvalue weighted by molar-refractivity contribution is 5.82. The first-order valence-corrected chi connectivity index (χ1v) is 5.33. The Hall–Kier alpha value is -1.39. The van der Waals surface area contributed by atoms with Gasteiger partial charge in [0.1, 0.15) is 6.04 Å². The maximum absolute atomic E-state index is 11.6. The molecular formula is C12H18N2O2. The first-order valence-electron chi connectivity index (χ1n) is 5.33. The molecule has 0 heterocycles. The highest BCUT2D eigenvalue weighted by Crippen LogP contribution is 2.08. The van der Waals surface area contributed by atoms with E-state index in [0.29, 0.717) is 13.2 Å². The number of benzene rings is 1. The van der Waals surface area contributed by atoms with E-state index in [1.807, 2.05) is 30.3 Å². The molecule has 0 aliphatic heterocycles. The lowest BCUT2D eigenvalue weighted by Gasteiger charge is -2.12. The number of ether oxygens (including phenoxy) is 1. The number of rotatable bonds is 6. The third-order valence-corrected chi connectivity index (χ3v) is 2.27. The normalized spacial score (nSPS) is 12.1. The number of hydrogen-bond acceptors (Lipinski definition) is 3. The molecule has 4 heteroatoms. The van der Waals surface area contributed by atoms with Gasteiger partial charge >= 0.3 is 0 Å². The molecule has 0 aliphatic rings. The van der Waals surface area contributed by atoms with Gasteiger partial charge in [-0.15, -0.1) is 0 Å². The highest BCUT2D eigenvalue weighted by Gasteiger charge is 2.14. The van der Waals surface area contributed by atoms with Crippen LogP contribution in [-0.2, 0) is 9.53 Å². The summed E-state index contributed by atoms with van der Waals surface area (Å²) in [5, 5.41) is 2.77. The summed E-state index contributed by atoms with van der Waals surface area (Å²) < 4.78 is 4.89. The first kappa shape index (κ1) is 12.7. The monoisotopic (exact) mass is 222 g/mol. The fourth-order valence-electron chi connectivity index (χ4n) is 1.35. The second-order valence-electron chi connectivity index (χ2n) is 3.53. The number of nitrogens with one attached hydrogen (secondary N) is 1. The highest BCUT2D eigenvalue weighted by atomic mass is 16.5. The second kappa shape index (κ2) is 6.98. The Morgan fingerprint density at radius 1 is 1.44 bits per heavy atom. The van der Waals surface area contributed by atoms with Crippen LogP contribution < -0.4 is 11.1 Å². The van der Waals surface area contributed by atoms with E-state index in [4.69, 9.17) is 10.5 Å². The summed E-state index contributed by atoms with van der Waals surface area (Å²) >= 11 is 0. The van der Waals surface area contributed by atoms with Crippen LogP contribution in [0, 0.1) is 0 Å². The summed E-state index contributed by atoms with van der Waals surface area (Å²) in [6.45, 7) is 1.23. The molecule has 0 aromatic heterocycles. The van der Waals surface area contributed by atoms with E-state index in [-0.39, 0.29) is 5.91 Å². The van der Waals surface area contributed by atoms with Crippen molar-refractivity contribution in [2.75, 3.05) is 20.3 Å². The Kier molecular flexibility index (Phi) is 5.53. The zero-order chi connectivity index (χ0) is 11.8. The van der Waals surface area contributed by atoms with Crippen LogP contribution in [0.25, 0.3) is 0 Å². The fourth-order valence-corrected chi connectivity index (χ4v) is 1.35. The summed E-state index contributed by atoms with van der Waals surface area (Å²) in [5.41, 5.74) is 6.64. The standard InChI is InChI=1S/C12H18N2O2/c1-16-9-5-8-14-12(15)11(13)10-6-3-2-4-7-10/h2-4,6-7,11H,5,8-9,13H2,1H3,(H,14,15)/t11-/m1/s1. The third kappa shape index (κ3) is 4.00. The van der Waals surface area contributed by atoms with E-state index >= 15 is 0 Å². The van der Waals surface area contributed by atoms with E-state index in [0.717, 1.165) is 12.0 Å². The zero-order valence-corrected chi connectivity index (χ0v) is 9.48. The molecule has 4 nitrogen and oxygen atoms in total. The predicted molar refractivity (Wildman–Crippen MR) is 62.9 cm³/mol. The van der Waals surface area contributed by atoms with E-state index in [1.54, 1.807) is 7.11 Å². The van der Waals surface area contributed by atoms with Gasteiger partial charge in [-0.1, -0.05) is 30.3 Å². The summed E-state index contributed by atoms with van der Waals surface area (Å²) in [6, 6.07) is 8.73. The molecule has 1 aromatic carbocycles. The Balaban J connectivity index is 2.37. The van der Waals surface area contributed by atoms with Crippen LogP contribution >= 0.6 is 0 Å². The van der Waals surface area contributed by atoms with Crippen LogP contribution in [0.5, 0.6) is 0 Å². The molecule has 0 bridgehead atoms. The van der Waals surface area contributed by atoms with Crippen molar-refractivity contribution in [3.63, 3.8) is 0 Å². The van der Waals surface area contributed by atoms with Crippen molar-refractivity contribution in [2.24, 2.45) is 5.73 Å². The molecule has 16 heavy (non-hydrogen) atoms. The topological polar surface area (TPSA) is 64.3 Å². The van der Waals surface area contributed by atoms with Crippen LogP contribution in [0.3, 0.4) is 0 Å². The predicted octanol–water partition coefficient (Wildman–Crippen LogP) is 0.839. The van der Waals surface area contributed by atoms with Gasteiger partial charge in [0.25, 0.3) is 0 Å². The van der Waals surface area contributed by atoms with Gasteiger partial charge in [0.15, 0.2) is 0 Å². The van der Waals surface area contributed by atoms with Gasteiger partial charge in [-0.2, -0.15) is 0 Å². The van der Waals surface area contributed by atoms with Crippen molar-refractivity contribution in [3.8, 4) is 0 Å². The lowest BCUT2D eigenvalue weighted by molar-refractivity contribution is -0.122. The summed E-state index contributed by atoms with van der Waals surface area (Å²) in [6.07, 6.45) is 0.795. The summed E-state index contributed by atoms with van der Waals surface area (Å²) in [4.78, 5) is 11.6. The van der Waals surface area contributed by atoms with E-state index < -0.39 is 6.04 Å². The lowest BCUT2D eigenvalue weighted by atomic mass is 10.1. The Labute approximate surface area is 95.8 Å². The molecule has 1 amide bonds. The van der Waals surface area contributed by atoms with Crippen molar-refractivity contribution in [1.82, 2.24) is 5.32 Å². The van der Waals surface area contributed by atoms with Gasteiger partial charge in [-0.05, 0) is 12.0 Å². The number of hydrogen-bond donors (Lipinski definition) is 2. The molecule has 0 fully saturated rings. The molecule has 0 radical (unpaired) electrons. The zero-order valence-electron chi connectivity index (χ0n) is 9.48. The SMILES string of the molecule is COCCCNC(=O)[C@H](N)c1ccccc1. The number of carbonyl (C=O) groups is 1. The van der Waals surface area contributed by atoms with Crippen molar-refractivity contribution < 1.29 is 9.53 Å². The molecule has 0 spiro atoms. The molecule has 1 aromatic rings. The van der Waals surface area contributed by atoms with E-state index in [2.05, 4.69) is 5.32 Å². The van der Waals surface area contributed by atoms with Crippen molar-refractivity contribution in [2.45, 2.75) is 12.5 Å². The smallest absolute Gasteiger partial charge is 0.241 e. The Morgan fingerprint density at radius 3 is 2.75 bits per heavy atom. The van der Waals surface area contributed by atoms with Crippen LogP contribution in [0.1, 0.15) is 18.0 Å². The molecule has 88 valence electrons. The molecule has 0 aliphatic carbocycles. The molecular weight excluding hydrogens is 204 g/mol. The van der Waals surface area contributed by atoms with Gasteiger partial charge in [0, 0.05) is 20.3 Å². The maximum atomic E-state index is 11.6. The van der Waals surface area contributed by atoms with Gasteiger partial charge in [0.2, 0.25) is 5.91 Å². The third-order valence-electron chi connectivity index (χ3n) is 2.27. The van der Waals surface area contributed by atoms with Gasteiger partial charge in [-0.25, -0.2) is 0 Å². The summed E-state index contributed by atoms with van der Waals surface area (Å²) in [5.74, 6) is -0.151. The van der Waals surface area contributed by atoms with E-state index in [1.165, 1.54) is 0 Å². The van der Waals surface area contributed by atoms with Crippen molar-refractivity contribution in [3.05, 3.63) is 35.9 Å². The van der Waals surface area contributed by atoms with Gasteiger partial charge in [-0.3, -0.25) is 4.79 Å². The quantitative estimate of drug-likeness (QED) is 0.701. The van der Waals surface area contributed by atoms with Crippen LogP contribution in [-0.4, -0.2) is 26.2 Å². The minimum atomic E-state index is -0.594. The average molecular weight is 222 g/mol. The average Bonchev–Trinajstić information content (AvgIpc) is 2.34. The summed E-state index contributed by atoms with van der Waals surface area (Å²) in [7, 11) is 1.64. The number of methoxy groups -OCH3 is 1. The molecule has 0 saturated heterocycles. The van der Waals surface area contributed by atoms with Crippen molar-refractivity contribution >= 4 is 5.91 Å². The fraction of sp³-hybridized carbons (Fsp3) is 0.417.